The van der Waals surface area contributed by atoms with Crippen LogP contribution in [0.4, 0.5) is 0 Å². The van der Waals surface area contributed by atoms with E-state index in [1.54, 1.807) is 7.11 Å². The van der Waals surface area contributed by atoms with Gasteiger partial charge in [-0.15, -0.1) is 0 Å². The van der Waals surface area contributed by atoms with Gasteiger partial charge < -0.3 is 10.5 Å². The molecule has 0 bridgehead atoms. The number of halogens is 1. The Hall–Kier alpha value is -0.730. The highest BCUT2D eigenvalue weighted by atomic mass is 35.5. The van der Waals surface area contributed by atoms with E-state index in [0.717, 1.165) is 42.0 Å². The van der Waals surface area contributed by atoms with Crippen LogP contribution >= 0.6 is 11.6 Å². The molecule has 1 aliphatic rings. The highest BCUT2D eigenvalue weighted by Crippen LogP contribution is 2.39. The molecule has 1 saturated carbocycles. The van der Waals surface area contributed by atoms with Crippen molar-refractivity contribution in [3.63, 3.8) is 0 Å². The summed E-state index contributed by atoms with van der Waals surface area (Å²) < 4.78 is 5.47. The quantitative estimate of drug-likeness (QED) is 0.873. The molecular formula is C14H20ClNO. The molecule has 0 heterocycles. The predicted molar refractivity (Wildman–Crippen MR) is 71.9 cm³/mol. The van der Waals surface area contributed by atoms with Gasteiger partial charge in [0.05, 0.1) is 7.11 Å². The highest BCUT2D eigenvalue weighted by molar-refractivity contribution is 6.31. The molecule has 1 aromatic rings. The minimum Gasteiger partial charge on any atom is -0.496 e. The molecule has 2 nitrogen and oxygen atoms in total. The first-order chi connectivity index (χ1) is 8.11. The van der Waals surface area contributed by atoms with Crippen LogP contribution in [-0.2, 0) is 0 Å². The van der Waals surface area contributed by atoms with Gasteiger partial charge in [0, 0.05) is 11.1 Å². The van der Waals surface area contributed by atoms with Crippen molar-refractivity contribution in [1.29, 1.82) is 0 Å². The van der Waals surface area contributed by atoms with Gasteiger partial charge in [0.25, 0.3) is 0 Å². The van der Waals surface area contributed by atoms with Gasteiger partial charge >= 0.3 is 0 Å². The first-order valence-corrected chi connectivity index (χ1v) is 6.59. The lowest BCUT2D eigenvalue weighted by Crippen LogP contribution is -2.25. The summed E-state index contributed by atoms with van der Waals surface area (Å²) >= 11 is 6.21. The minimum atomic E-state index is 0.373. The average molecular weight is 254 g/mol. The Labute approximate surface area is 108 Å². The second kappa shape index (κ2) is 5.28. The number of rotatable bonds is 2. The number of methoxy groups -OCH3 is 1. The van der Waals surface area contributed by atoms with E-state index in [4.69, 9.17) is 22.1 Å². The summed E-state index contributed by atoms with van der Waals surface area (Å²) in [5, 5.41) is 0.829. The van der Waals surface area contributed by atoms with Crippen molar-refractivity contribution < 1.29 is 4.74 Å². The van der Waals surface area contributed by atoms with E-state index in [1.165, 1.54) is 5.56 Å². The van der Waals surface area contributed by atoms with Crippen LogP contribution in [0.3, 0.4) is 0 Å². The van der Waals surface area contributed by atoms with Crippen molar-refractivity contribution in [2.45, 2.75) is 44.6 Å². The molecule has 2 rings (SSSR count). The molecule has 1 fully saturated rings. The SMILES string of the molecule is COc1cc(C)c(Cl)cc1C1CCC(N)CC1. The van der Waals surface area contributed by atoms with E-state index in [9.17, 15) is 0 Å². The first kappa shape index (κ1) is 12.7. The molecule has 0 spiro atoms. The van der Waals surface area contributed by atoms with Crippen LogP contribution in [0.15, 0.2) is 12.1 Å². The van der Waals surface area contributed by atoms with E-state index in [-0.39, 0.29) is 0 Å². The molecule has 1 aliphatic carbocycles. The molecule has 17 heavy (non-hydrogen) atoms. The fourth-order valence-corrected chi connectivity index (χ4v) is 2.77. The number of benzene rings is 1. The van der Waals surface area contributed by atoms with Gasteiger partial charge in [-0.1, -0.05) is 11.6 Å². The van der Waals surface area contributed by atoms with Gasteiger partial charge in [0.1, 0.15) is 5.75 Å². The number of hydrogen-bond acceptors (Lipinski definition) is 2. The van der Waals surface area contributed by atoms with E-state index >= 15 is 0 Å². The molecule has 0 radical (unpaired) electrons. The molecule has 0 aliphatic heterocycles. The first-order valence-electron chi connectivity index (χ1n) is 6.21. The van der Waals surface area contributed by atoms with Crippen LogP contribution < -0.4 is 10.5 Å². The lowest BCUT2D eigenvalue weighted by molar-refractivity contribution is 0.369. The van der Waals surface area contributed by atoms with Gasteiger partial charge in [-0.3, -0.25) is 0 Å². The van der Waals surface area contributed by atoms with Crippen molar-refractivity contribution in [2.24, 2.45) is 5.73 Å². The molecule has 0 amide bonds. The van der Waals surface area contributed by atoms with E-state index < -0.39 is 0 Å². The lowest BCUT2D eigenvalue weighted by atomic mass is 9.81. The van der Waals surface area contributed by atoms with Crippen LogP contribution in [0.25, 0.3) is 0 Å². The summed E-state index contributed by atoms with van der Waals surface area (Å²) in [5.41, 5.74) is 8.26. The molecule has 0 aromatic heterocycles. The van der Waals surface area contributed by atoms with Crippen molar-refractivity contribution in [2.75, 3.05) is 7.11 Å². The second-order valence-corrected chi connectivity index (χ2v) is 5.36. The zero-order valence-corrected chi connectivity index (χ0v) is 11.3. The summed E-state index contributed by atoms with van der Waals surface area (Å²) in [7, 11) is 1.72. The van der Waals surface area contributed by atoms with E-state index in [0.29, 0.717) is 12.0 Å². The molecule has 0 saturated heterocycles. The van der Waals surface area contributed by atoms with Gasteiger partial charge in [-0.05, 0) is 61.8 Å². The van der Waals surface area contributed by atoms with E-state index in [2.05, 4.69) is 6.07 Å². The fraction of sp³-hybridized carbons (Fsp3) is 0.571. The summed E-state index contributed by atoms with van der Waals surface area (Å²) in [5.74, 6) is 1.51. The molecule has 3 heteroatoms. The number of nitrogens with two attached hydrogens (primary N) is 1. The minimum absolute atomic E-state index is 0.373. The van der Waals surface area contributed by atoms with Crippen LogP contribution in [0, 0.1) is 6.92 Å². The van der Waals surface area contributed by atoms with Crippen LogP contribution in [-0.4, -0.2) is 13.2 Å². The Morgan fingerprint density at radius 2 is 1.88 bits per heavy atom. The number of ether oxygens (including phenoxy) is 1. The normalized spacial score (nSPS) is 24.7. The third-order valence-electron chi connectivity index (χ3n) is 3.72. The number of hydrogen-bond donors (Lipinski definition) is 1. The average Bonchev–Trinajstić information content (AvgIpc) is 2.33. The molecular weight excluding hydrogens is 234 g/mol. The van der Waals surface area contributed by atoms with Crippen LogP contribution in [0.5, 0.6) is 5.75 Å². The van der Waals surface area contributed by atoms with Crippen molar-refractivity contribution in [1.82, 2.24) is 0 Å². The van der Waals surface area contributed by atoms with Gasteiger partial charge in [-0.25, -0.2) is 0 Å². The smallest absolute Gasteiger partial charge is 0.122 e. The maximum atomic E-state index is 6.21. The Bertz CT molecular complexity index is 397. The summed E-state index contributed by atoms with van der Waals surface area (Å²) in [6.07, 6.45) is 4.46. The molecule has 1 aromatic carbocycles. The highest BCUT2D eigenvalue weighted by Gasteiger charge is 2.23. The Morgan fingerprint density at radius 3 is 2.47 bits per heavy atom. The third kappa shape index (κ3) is 2.75. The van der Waals surface area contributed by atoms with Crippen molar-refractivity contribution in [3.8, 4) is 5.75 Å². The molecule has 2 N–H and O–H groups in total. The van der Waals surface area contributed by atoms with Gasteiger partial charge in [-0.2, -0.15) is 0 Å². The van der Waals surface area contributed by atoms with Crippen LogP contribution in [0.1, 0.15) is 42.7 Å². The summed E-state index contributed by atoms with van der Waals surface area (Å²) in [4.78, 5) is 0. The maximum absolute atomic E-state index is 6.21. The monoisotopic (exact) mass is 253 g/mol. The second-order valence-electron chi connectivity index (χ2n) is 4.96. The zero-order valence-electron chi connectivity index (χ0n) is 10.5. The van der Waals surface area contributed by atoms with Crippen molar-refractivity contribution in [3.05, 3.63) is 28.3 Å². The Kier molecular flexibility index (Phi) is 3.95. The Balaban J connectivity index is 2.27. The van der Waals surface area contributed by atoms with Gasteiger partial charge in [0.2, 0.25) is 0 Å². The molecule has 0 unspecified atom stereocenters. The summed E-state index contributed by atoms with van der Waals surface area (Å²) in [6.45, 7) is 2.01. The number of aryl methyl sites for hydroxylation is 1. The predicted octanol–water partition coefficient (Wildman–Crippen LogP) is 3.64. The van der Waals surface area contributed by atoms with Gasteiger partial charge in [0.15, 0.2) is 0 Å². The molecule has 0 atom stereocenters. The largest absolute Gasteiger partial charge is 0.496 e. The third-order valence-corrected chi connectivity index (χ3v) is 4.13. The zero-order chi connectivity index (χ0) is 12.4. The van der Waals surface area contributed by atoms with E-state index in [1.807, 2.05) is 13.0 Å². The Morgan fingerprint density at radius 1 is 1.24 bits per heavy atom. The fourth-order valence-electron chi connectivity index (χ4n) is 2.60. The summed E-state index contributed by atoms with van der Waals surface area (Å²) in [6, 6.07) is 4.47. The maximum Gasteiger partial charge on any atom is 0.122 e. The standard InChI is InChI=1S/C14H20ClNO/c1-9-7-14(17-2)12(8-13(9)15)10-3-5-11(16)6-4-10/h7-8,10-11H,3-6,16H2,1-2H3. The lowest BCUT2D eigenvalue weighted by Gasteiger charge is -2.27. The van der Waals surface area contributed by atoms with Crippen molar-refractivity contribution >= 4 is 11.6 Å². The van der Waals surface area contributed by atoms with Crippen LogP contribution in [0.2, 0.25) is 5.02 Å². The topological polar surface area (TPSA) is 35.2 Å². The molecule has 94 valence electrons.